The molecular formula is C10H11Cl3O3. The molecule has 3 aliphatic rings. The Bertz CT molecular complexity index is 354. The number of carbonyl (C=O) groups is 1. The summed E-state index contributed by atoms with van der Waals surface area (Å²) < 4.78 is 3.00. The number of ether oxygens (including phenoxy) is 1. The highest BCUT2D eigenvalue weighted by atomic mass is 35.6. The smallest absolute Gasteiger partial charge is 0.312 e. The van der Waals surface area contributed by atoms with Crippen LogP contribution in [0, 0.1) is 23.7 Å². The topological polar surface area (TPSA) is 46.5 Å². The first-order valence-corrected chi connectivity index (χ1v) is 6.50. The average Bonchev–Trinajstić information content (AvgIpc) is 2.77. The molecule has 0 amide bonds. The summed E-state index contributed by atoms with van der Waals surface area (Å²) in [6.07, 6.45) is 2.93. The molecule has 3 fully saturated rings. The van der Waals surface area contributed by atoms with Crippen molar-refractivity contribution in [3.05, 3.63) is 0 Å². The van der Waals surface area contributed by atoms with Crippen LogP contribution in [0.1, 0.15) is 19.3 Å². The molecule has 16 heavy (non-hydrogen) atoms. The van der Waals surface area contributed by atoms with Crippen LogP contribution in [0.5, 0.6) is 0 Å². The van der Waals surface area contributed by atoms with Crippen molar-refractivity contribution < 1.29 is 14.6 Å². The Morgan fingerprint density at radius 1 is 1.31 bits per heavy atom. The van der Waals surface area contributed by atoms with Gasteiger partial charge in [-0.3, -0.25) is 4.79 Å². The van der Waals surface area contributed by atoms with Crippen LogP contribution in [0.4, 0.5) is 0 Å². The molecule has 3 nitrogen and oxygen atoms in total. The van der Waals surface area contributed by atoms with Crippen LogP contribution < -0.4 is 0 Å². The Hall–Kier alpha value is 0.300. The van der Waals surface area contributed by atoms with E-state index in [4.69, 9.17) is 39.5 Å². The molecule has 0 radical (unpaired) electrons. The molecule has 1 N–H and O–H groups in total. The molecule has 90 valence electrons. The molecule has 2 saturated carbocycles. The van der Waals surface area contributed by atoms with Crippen molar-refractivity contribution in [2.75, 3.05) is 0 Å². The second-order valence-electron chi connectivity index (χ2n) is 5.00. The van der Waals surface area contributed by atoms with E-state index in [9.17, 15) is 9.90 Å². The van der Waals surface area contributed by atoms with Gasteiger partial charge in [-0.2, -0.15) is 0 Å². The number of esters is 1. The molecule has 0 aromatic carbocycles. The van der Waals surface area contributed by atoms with Gasteiger partial charge in [-0.05, 0) is 31.1 Å². The van der Waals surface area contributed by atoms with E-state index in [1.807, 2.05) is 0 Å². The molecule has 2 bridgehead atoms. The molecule has 0 spiro atoms. The number of aliphatic hydroxyl groups is 1. The average molecular weight is 286 g/mol. The highest BCUT2D eigenvalue weighted by Crippen LogP contribution is 2.63. The lowest BCUT2D eigenvalue weighted by Gasteiger charge is -2.36. The van der Waals surface area contributed by atoms with Gasteiger partial charge in [0, 0.05) is 5.92 Å². The first-order valence-electron chi connectivity index (χ1n) is 5.36. The summed E-state index contributed by atoms with van der Waals surface area (Å²) in [5.74, 6) is -2.46. The van der Waals surface area contributed by atoms with Gasteiger partial charge in [0.05, 0.1) is 5.92 Å². The zero-order valence-corrected chi connectivity index (χ0v) is 10.6. The summed E-state index contributed by atoms with van der Waals surface area (Å²) in [5.41, 5.74) is 0. The van der Waals surface area contributed by atoms with Gasteiger partial charge in [-0.15, -0.1) is 0 Å². The highest BCUT2D eigenvalue weighted by molar-refractivity contribution is 6.68. The van der Waals surface area contributed by atoms with Gasteiger partial charge in [0.1, 0.15) is 0 Å². The third kappa shape index (κ3) is 1.23. The van der Waals surface area contributed by atoms with Crippen molar-refractivity contribution in [3.63, 3.8) is 0 Å². The van der Waals surface area contributed by atoms with Crippen molar-refractivity contribution in [1.29, 1.82) is 0 Å². The molecule has 2 aliphatic carbocycles. The fourth-order valence-electron chi connectivity index (χ4n) is 3.73. The second kappa shape index (κ2) is 3.19. The van der Waals surface area contributed by atoms with Crippen molar-refractivity contribution in [2.45, 2.75) is 28.8 Å². The Morgan fingerprint density at radius 2 is 1.94 bits per heavy atom. The molecule has 5 atom stereocenters. The zero-order valence-electron chi connectivity index (χ0n) is 8.33. The largest absolute Gasteiger partial charge is 0.428 e. The first-order chi connectivity index (χ1) is 7.34. The van der Waals surface area contributed by atoms with Gasteiger partial charge in [0.2, 0.25) is 0 Å². The van der Waals surface area contributed by atoms with E-state index in [2.05, 4.69) is 0 Å². The number of hydrogen-bond acceptors (Lipinski definition) is 3. The minimum Gasteiger partial charge on any atom is -0.428 e. The number of carbonyl (C=O) groups excluding carboxylic acids is 1. The van der Waals surface area contributed by atoms with E-state index in [-0.39, 0.29) is 17.8 Å². The van der Waals surface area contributed by atoms with E-state index >= 15 is 0 Å². The van der Waals surface area contributed by atoms with Crippen molar-refractivity contribution in [2.24, 2.45) is 23.7 Å². The van der Waals surface area contributed by atoms with E-state index in [1.54, 1.807) is 0 Å². The molecule has 1 heterocycles. The Kier molecular flexibility index (Phi) is 2.27. The van der Waals surface area contributed by atoms with E-state index in [0.717, 1.165) is 19.3 Å². The molecule has 6 heteroatoms. The van der Waals surface area contributed by atoms with Crippen LogP contribution >= 0.6 is 34.8 Å². The molecule has 0 unspecified atom stereocenters. The second-order valence-corrected chi connectivity index (χ2v) is 7.28. The van der Waals surface area contributed by atoms with E-state index in [1.165, 1.54) is 0 Å². The SMILES string of the molecule is O=C1O[C@@](O)(C(Cl)(Cl)Cl)[C@@H]2[C@@H]3CC[C@H](C3)[C@@H]12. The summed E-state index contributed by atoms with van der Waals surface area (Å²) in [5, 5.41) is 10.4. The zero-order chi connectivity index (χ0) is 11.7. The van der Waals surface area contributed by atoms with Crippen LogP contribution in [-0.4, -0.2) is 20.7 Å². The van der Waals surface area contributed by atoms with Gasteiger partial charge < -0.3 is 9.84 Å². The van der Waals surface area contributed by atoms with Crippen molar-refractivity contribution >= 4 is 40.8 Å². The van der Waals surface area contributed by atoms with Crippen LogP contribution in [0.15, 0.2) is 0 Å². The van der Waals surface area contributed by atoms with Gasteiger partial charge in [-0.1, -0.05) is 34.8 Å². The highest BCUT2D eigenvalue weighted by Gasteiger charge is 2.71. The summed E-state index contributed by atoms with van der Waals surface area (Å²) in [7, 11) is 0. The number of rotatable bonds is 0. The lowest BCUT2D eigenvalue weighted by Crippen LogP contribution is -2.50. The molecule has 1 aliphatic heterocycles. The molecule has 1 saturated heterocycles. The number of cyclic esters (lactones) is 1. The fraction of sp³-hybridized carbons (Fsp3) is 0.900. The summed E-state index contributed by atoms with van der Waals surface area (Å²) in [6, 6.07) is 0. The number of alkyl halides is 3. The Balaban J connectivity index is 2.02. The predicted molar refractivity (Wildman–Crippen MR) is 59.1 cm³/mol. The monoisotopic (exact) mass is 284 g/mol. The maximum absolute atomic E-state index is 11.7. The third-order valence-corrected chi connectivity index (χ3v) is 5.12. The van der Waals surface area contributed by atoms with Gasteiger partial charge in [0.25, 0.3) is 9.58 Å². The van der Waals surface area contributed by atoms with E-state index in [0.29, 0.717) is 5.92 Å². The van der Waals surface area contributed by atoms with Crippen LogP contribution in [0.3, 0.4) is 0 Å². The maximum Gasteiger partial charge on any atom is 0.312 e. The lowest BCUT2D eigenvalue weighted by molar-refractivity contribution is -0.204. The summed E-state index contributed by atoms with van der Waals surface area (Å²) in [6.45, 7) is 0. The minimum absolute atomic E-state index is 0.238. The maximum atomic E-state index is 11.7. The van der Waals surface area contributed by atoms with Gasteiger partial charge >= 0.3 is 5.97 Å². The molecular weight excluding hydrogens is 274 g/mol. The fourth-order valence-corrected chi connectivity index (χ4v) is 4.22. The van der Waals surface area contributed by atoms with E-state index < -0.39 is 15.5 Å². The first kappa shape index (κ1) is 11.4. The van der Waals surface area contributed by atoms with Crippen LogP contribution in [0.25, 0.3) is 0 Å². The predicted octanol–water partition coefficient (Wildman–Crippen LogP) is 2.26. The molecule has 0 aromatic rings. The Labute approximate surface area is 108 Å². The third-order valence-electron chi connectivity index (χ3n) is 4.30. The molecule has 0 aromatic heterocycles. The quantitative estimate of drug-likeness (QED) is 0.548. The van der Waals surface area contributed by atoms with Crippen LogP contribution in [-0.2, 0) is 9.53 Å². The summed E-state index contributed by atoms with van der Waals surface area (Å²) >= 11 is 17.3. The number of fused-ring (bicyclic) bond motifs is 5. The van der Waals surface area contributed by atoms with Crippen molar-refractivity contribution in [3.8, 4) is 0 Å². The van der Waals surface area contributed by atoms with Gasteiger partial charge in [-0.25, -0.2) is 0 Å². The number of halogens is 3. The lowest BCUT2D eigenvalue weighted by atomic mass is 9.77. The standard InChI is InChI=1S/C10H11Cl3O3/c11-10(12,13)9(15)7-5-2-1-4(3-5)6(7)8(14)16-9/h4-7,15H,1-3H2/t4-,5-,6-,7-,9-/m1/s1. The van der Waals surface area contributed by atoms with Crippen molar-refractivity contribution in [1.82, 2.24) is 0 Å². The Morgan fingerprint density at radius 3 is 2.56 bits per heavy atom. The minimum atomic E-state index is -1.98. The summed E-state index contributed by atoms with van der Waals surface area (Å²) in [4.78, 5) is 11.7. The normalized spacial score (nSPS) is 50.6. The van der Waals surface area contributed by atoms with Gasteiger partial charge in [0.15, 0.2) is 0 Å². The van der Waals surface area contributed by atoms with Crippen LogP contribution in [0.2, 0.25) is 0 Å². The number of hydrogen-bond donors (Lipinski definition) is 1. The molecule has 3 rings (SSSR count).